The minimum Gasteiger partial charge on any atom is -0.495 e. The van der Waals surface area contributed by atoms with Gasteiger partial charge in [-0.05, 0) is 30.7 Å². The van der Waals surface area contributed by atoms with Crippen LogP contribution in [-0.4, -0.2) is 38.8 Å². The molecule has 2 aromatic rings. The summed E-state index contributed by atoms with van der Waals surface area (Å²) in [6.07, 6.45) is 0.561. The molecule has 0 heterocycles. The van der Waals surface area contributed by atoms with Gasteiger partial charge in [-0.2, -0.15) is 4.31 Å². The van der Waals surface area contributed by atoms with Crippen molar-refractivity contribution < 1.29 is 17.9 Å². The molecule has 140 valence electrons. The molecule has 0 atom stereocenters. The van der Waals surface area contributed by atoms with Crippen LogP contribution in [0.25, 0.3) is 0 Å². The zero-order chi connectivity index (χ0) is 19.2. The SMILES string of the molecule is CCCN(CC(=O)Nc1ccccc1OC)S(=O)(=O)c1ccccc1Cl. The van der Waals surface area contributed by atoms with Crippen molar-refractivity contribution in [2.45, 2.75) is 18.2 Å². The Morgan fingerprint density at radius 1 is 1.15 bits per heavy atom. The number of anilines is 1. The number of benzene rings is 2. The van der Waals surface area contributed by atoms with Crippen LogP contribution in [0.2, 0.25) is 5.02 Å². The van der Waals surface area contributed by atoms with Gasteiger partial charge in [-0.15, -0.1) is 0 Å². The van der Waals surface area contributed by atoms with Crippen LogP contribution in [0.4, 0.5) is 5.69 Å². The molecule has 0 fully saturated rings. The fraction of sp³-hybridized carbons (Fsp3) is 0.278. The first-order chi connectivity index (χ1) is 12.4. The fourth-order valence-electron chi connectivity index (χ4n) is 2.42. The third-order valence-electron chi connectivity index (χ3n) is 3.63. The number of para-hydroxylation sites is 2. The van der Waals surface area contributed by atoms with E-state index in [1.807, 2.05) is 6.92 Å². The van der Waals surface area contributed by atoms with Crippen LogP contribution in [0, 0.1) is 0 Å². The normalized spacial score (nSPS) is 11.4. The number of methoxy groups -OCH3 is 1. The molecular formula is C18H21ClN2O4S. The van der Waals surface area contributed by atoms with Gasteiger partial charge in [0.25, 0.3) is 0 Å². The second kappa shape index (κ2) is 9.02. The summed E-state index contributed by atoms with van der Waals surface area (Å²) in [5.41, 5.74) is 0.478. The Labute approximate surface area is 158 Å². The van der Waals surface area contributed by atoms with Crippen LogP contribution in [0.3, 0.4) is 0 Å². The maximum absolute atomic E-state index is 12.9. The lowest BCUT2D eigenvalue weighted by Crippen LogP contribution is -2.38. The molecule has 0 spiro atoms. The molecule has 6 nitrogen and oxygen atoms in total. The largest absolute Gasteiger partial charge is 0.495 e. The zero-order valence-electron chi connectivity index (χ0n) is 14.6. The minimum atomic E-state index is -3.89. The summed E-state index contributed by atoms with van der Waals surface area (Å²) in [6.45, 7) is 1.72. The Kier molecular flexibility index (Phi) is 7.02. The summed E-state index contributed by atoms with van der Waals surface area (Å²) >= 11 is 6.04. The number of sulfonamides is 1. The molecule has 2 aromatic carbocycles. The van der Waals surface area contributed by atoms with Gasteiger partial charge in [0.05, 0.1) is 24.4 Å². The average Bonchev–Trinajstić information content (AvgIpc) is 2.62. The Balaban J connectivity index is 2.22. The number of hydrogen-bond donors (Lipinski definition) is 1. The van der Waals surface area contributed by atoms with Crippen molar-refractivity contribution >= 4 is 33.2 Å². The van der Waals surface area contributed by atoms with Crippen LogP contribution in [-0.2, 0) is 14.8 Å². The van der Waals surface area contributed by atoms with Gasteiger partial charge in [0, 0.05) is 6.54 Å². The lowest BCUT2D eigenvalue weighted by atomic mass is 10.3. The molecule has 2 rings (SSSR count). The summed E-state index contributed by atoms with van der Waals surface area (Å²) in [5, 5.41) is 2.81. The number of halogens is 1. The van der Waals surface area contributed by atoms with Crippen molar-refractivity contribution in [2.75, 3.05) is 25.5 Å². The Morgan fingerprint density at radius 3 is 2.46 bits per heavy atom. The Bertz CT molecular complexity index is 871. The van der Waals surface area contributed by atoms with E-state index in [0.29, 0.717) is 17.9 Å². The molecule has 8 heteroatoms. The molecule has 0 unspecified atom stereocenters. The van der Waals surface area contributed by atoms with E-state index in [0.717, 1.165) is 4.31 Å². The minimum absolute atomic E-state index is 0.0137. The summed E-state index contributed by atoms with van der Waals surface area (Å²) in [5.74, 6) is 0.0374. The number of carbonyl (C=O) groups excluding carboxylic acids is 1. The summed E-state index contributed by atoms with van der Waals surface area (Å²) in [7, 11) is -2.39. The maximum atomic E-state index is 12.9. The highest BCUT2D eigenvalue weighted by molar-refractivity contribution is 7.89. The predicted molar refractivity (Wildman–Crippen MR) is 102 cm³/mol. The molecule has 0 aliphatic rings. The van der Waals surface area contributed by atoms with E-state index in [9.17, 15) is 13.2 Å². The number of ether oxygens (including phenoxy) is 1. The average molecular weight is 397 g/mol. The molecular weight excluding hydrogens is 376 g/mol. The first-order valence-electron chi connectivity index (χ1n) is 8.07. The van der Waals surface area contributed by atoms with Crippen molar-refractivity contribution in [1.82, 2.24) is 4.31 Å². The van der Waals surface area contributed by atoms with E-state index in [2.05, 4.69) is 5.32 Å². The van der Waals surface area contributed by atoms with Crippen molar-refractivity contribution in [3.8, 4) is 5.75 Å². The number of amides is 1. The Morgan fingerprint density at radius 2 is 1.81 bits per heavy atom. The zero-order valence-corrected chi connectivity index (χ0v) is 16.2. The number of hydrogen-bond acceptors (Lipinski definition) is 4. The lowest BCUT2D eigenvalue weighted by Gasteiger charge is -2.22. The third-order valence-corrected chi connectivity index (χ3v) is 5.97. The van der Waals surface area contributed by atoms with Gasteiger partial charge in [-0.25, -0.2) is 8.42 Å². The highest BCUT2D eigenvalue weighted by atomic mass is 35.5. The van der Waals surface area contributed by atoms with E-state index in [4.69, 9.17) is 16.3 Å². The Hall–Kier alpha value is -2.09. The molecule has 1 amide bonds. The van der Waals surface area contributed by atoms with Gasteiger partial charge in [0.1, 0.15) is 10.6 Å². The van der Waals surface area contributed by atoms with Gasteiger partial charge in [-0.3, -0.25) is 4.79 Å². The summed E-state index contributed by atoms with van der Waals surface area (Å²) in [6, 6.07) is 13.1. The second-order valence-electron chi connectivity index (χ2n) is 5.52. The summed E-state index contributed by atoms with van der Waals surface area (Å²) in [4.78, 5) is 12.4. The van der Waals surface area contributed by atoms with Crippen molar-refractivity contribution in [3.05, 3.63) is 53.6 Å². The van der Waals surface area contributed by atoms with E-state index in [-0.39, 0.29) is 23.0 Å². The molecule has 0 bridgehead atoms. The van der Waals surface area contributed by atoms with Crippen LogP contribution >= 0.6 is 11.6 Å². The van der Waals surface area contributed by atoms with Crippen molar-refractivity contribution in [2.24, 2.45) is 0 Å². The van der Waals surface area contributed by atoms with Crippen LogP contribution in [0.15, 0.2) is 53.4 Å². The van der Waals surface area contributed by atoms with E-state index in [1.54, 1.807) is 36.4 Å². The number of rotatable bonds is 8. The highest BCUT2D eigenvalue weighted by Gasteiger charge is 2.28. The van der Waals surface area contributed by atoms with Gasteiger partial charge in [-0.1, -0.05) is 42.8 Å². The van der Waals surface area contributed by atoms with Crippen molar-refractivity contribution in [1.29, 1.82) is 0 Å². The smallest absolute Gasteiger partial charge is 0.245 e. The van der Waals surface area contributed by atoms with E-state index >= 15 is 0 Å². The molecule has 0 aliphatic heterocycles. The molecule has 0 radical (unpaired) electrons. The highest BCUT2D eigenvalue weighted by Crippen LogP contribution is 2.25. The molecule has 0 aliphatic carbocycles. The third kappa shape index (κ3) is 4.75. The molecule has 26 heavy (non-hydrogen) atoms. The predicted octanol–water partition coefficient (Wildman–Crippen LogP) is 3.39. The molecule has 0 aromatic heterocycles. The second-order valence-corrected chi connectivity index (χ2v) is 7.83. The van der Waals surface area contributed by atoms with Crippen LogP contribution < -0.4 is 10.1 Å². The first kappa shape index (κ1) is 20.2. The molecule has 0 saturated carbocycles. The van der Waals surface area contributed by atoms with Gasteiger partial charge >= 0.3 is 0 Å². The fourth-order valence-corrected chi connectivity index (χ4v) is 4.41. The number of nitrogens with one attached hydrogen (secondary N) is 1. The van der Waals surface area contributed by atoms with Gasteiger partial charge in [0.2, 0.25) is 15.9 Å². The number of nitrogens with zero attached hydrogens (tertiary/aromatic N) is 1. The monoisotopic (exact) mass is 396 g/mol. The van der Waals surface area contributed by atoms with Crippen molar-refractivity contribution in [3.63, 3.8) is 0 Å². The van der Waals surface area contributed by atoms with E-state index in [1.165, 1.54) is 19.2 Å². The van der Waals surface area contributed by atoms with Gasteiger partial charge in [0.15, 0.2) is 0 Å². The molecule has 0 saturated heterocycles. The summed E-state index contributed by atoms with van der Waals surface area (Å²) < 4.78 is 32.1. The van der Waals surface area contributed by atoms with Crippen LogP contribution in [0.5, 0.6) is 5.75 Å². The lowest BCUT2D eigenvalue weighted by molar-refractivity contribution is -0.116. The topological polar surface area (TPSA) is 75.7 Å². The van der Waals surface area contributed by atoms with Gasteiger partial charge < -0.3 is 10.1 Å². The standard InChI is InChI=1S/C18H21ClN2O4S/c1-3-12-21(26(23,24)17-11-7-4-8-14(17)19)13-18(22)20-15-9-5-6-10-16(15)25-2/h4-11H,3,12-13H2,1-2H3,(H,20,22). The maximum Gasteiger partial charge on any atom is 0.245 e. The quantitative estimate of drug-likeness (QED) is 0.742. The number of carbonyl (C=O) groups is 1. The van der Waals surface area contributed by atoms with Crippen LogP contribution in [0.1, 0.15) is 13.3 Å². The molecule has 1 N–H and O–H groups in total. The first-order valence-corrected chi connectivity index (χ1v) is 9.89. The van der Waals surface area contributed by atoms with E-state index < -0.39 is 15.9 Å².